The number of nitrogens with one attached hydrogen (secondary N) is 1. The summed E-state index contributed by atoms with van der Waals surface area (Å²) in [5, 5.41) is 2.81. The number of rotatable bonds is 3. The summed E-state index contributed by atoms with van der Waals surface area (Å²) < 4.78 is 52.8. The van der Waals surface area contributed by atoms with Crippen molar-refractivity contribution in [1.29, 1.82) is 0 Å². The fourth-order valence-corrected chi connectivity index (χ4v) is 3.12. The van der Waals surface area contributed by atoms with Crippen molar-refractivity contribution in [1.82, 2.24) is 5.32 Å². The monoisotopic (exact) mass is 323 g/mol. The molecule has 20 heavy (non-hydrogen) atoms. The summed E-state index contributed by atoms with van der Waals surface area (Å²) in [5.41, 5.74) is -1.32. The largest absolute Gasteiger partial charge is 0.419 e. The van der Waals surface area contributed by atoms with Gasteiger partial charge in [-0.25, -0.2) is 4.39 Å². The summed E-state index contributed by atoms with van der Waals surface area (Å²) in [6, 6.07) is 5.87. The van der Waals surface area contributed by atoms with Crippen LogP contribution in [0.25, 0.3) is 0 Å². The van der Waals surface area contributed by atoms with Crippen LogP contribution in [0.15, 0.2) is 30.3 Å². The number of halogens is 5. The number of alkyl halides is 3. The van der Waals surface area contributed by atoms with Gasteiger partial charge in [-0.15, -0.1) is 11.3 Å². The van der Waals surface area contributed by atoms with Gasteiger partial charge in [0.1, 0.15) is 5.82 Å². The van der Waals surface area contributed by atoms with Crippen molar-refractivity contribution < 1.29 is 17.6 Å². The van der Waals surface area contributed by atoms with Gasteiger partial charge in [-0.05, 0) is 25.2 Å². The molecule has 0 radical (unpaired) electrons. The third-order valence-electron chi connectivity index (χ3n) is 2.81. The van der Waals surface area contributed by atoms with E-state index in [4.69, 9.17) is 11.6 Å². The van der Waals surface area contributed by atoms with Gasteiger partial charge in [0.05, 0.1) is 15.9 Å². The predicted molar refractivity (Wildman–Crippen MR) is 71.6 cm³/mol. The third kappa shape index (κ3) is 2.97. The minimum absolute atomic E-state index is 0.0548. The highest BCUT2D eigenvalue weighted by Gasteiger charge is 2.35. The maximum atomic E-state index is 14.1. The van der Waals surface area contributed by atoms with Crippen molar-refractivity contribution in [3.63, 3.8) is 0 Å². The average molecular weight is 324 g/mol. The van der Waals surface area contributed by atoms with Crippen LogP contribution in [0.4, 0.5) is 17.6 Å². The molecule has 1 unspecified atom stereocenters. The van der Waals surface area contributed by atoms with Crippen molar-refractivity contribution in [2.24, 2.45) is 0 Å². The van der Waals surface area contributed by atoms with Crippen LogP contribution in [0.3, 0.4) is 0 Å². The average Bonchev–Trinajstić information content (AvgIpc) is 2.77. The molecule has 0 bridgehead atoms. The second kappa shape index (κ2) is 5.71. The van der Waals surface area contributed by atoms with Gasteiger partial charge in [0.2, 0.25) is 0 Å². The molecular formula is C13H10ClF4NS. The first-order valence-electron chi connectivity index (χ1n) is 5.62. The molecule has 0 spiro atoms. The van der Waals surface area contributed by atoms with E-state index in [1.807, 2.05) is 0 Å². The first-order valence-corrected chi connectivity index (χ1v) is 6.82. The topological polar surface area (TPSA) is 12.0 Å². The quantitative estimate of drug-likeness (QED) is 0.795. The zero-order valence-corrected chi connectivity index (χ0v) is 11.8. The van der Waals surface area contributed by atoms with Crippen LogP contribution in [0, 0.1) is 5.82 Å². The van der Waals surface area contributed by atoms with E-state index in [0.29, 0.717) is 9.21 Å². The van der Waals surface area contributed by atoms with Crippen molar-refractivity contribution in [3.05, 3.63) is 56.5 Å². The first kappa shape index (κ1) is 15.3. The Morgan fingerprint density at radius 2 is 1.90 bits per heavy atom. The van der Waals surface area contributed by atoms with Crippen molar-refractivity contribution in [2.45, 2.75) is 12.2 Å². The van der Waals surface area contributed by atoms with Crippen molar-refractivity contribution in [3.8, 4) is 0 Å². The molecule has 1 aromatic carbocycles. The minimum Gasteiger partial charge on any atom is -0.309 e. The molecule has 0 fully saturated rings. The standard InChI is InChI=1S/C13H10ClF4NS/c1-19-12(9-5-6-10(14)20-9)7-3-2-4-8(11(7)15)13(16,17)18/h2-6,12,19H,1H3. The van der Waals surface area contributed by atoms with Gasteiger partial charge in [-0.3, -0.25) is 0 Å². The van der Waals surface area contributed by atoms with E-state index in [0.717, 1.165) is 6.07 Å². The fraction of sp³-hybridized carbons (Fsp3) is 0.231. The molecule has 2 aromatic rings. The summed E-state index contributed by atoms with van der Waals surface area (Å²) in [6.45, 7) is 0. The maximum absolute atomic E-state index is 14.1. The fourth-order valence-electron chi connectivity index (χ4n) is 1.93. The molecule has 2 rings (SSSR count). The first-order chi connectivity index (χ1) is 9.34. The summed E-state index contributed by atoms with van der Waals surface area (Å²) in [7, 11) is 1.55. The van der Waals surface area contributed by atoms with Crippen LogP contribution in [0.1, 0.15) is 22.0 Å². The lowest BCUT2D eigenvalue weighted by Crippen LogP contribution is -2.20. The number of hydrogen-bond donors (Lipinski definition) is 1. The Labute approximate surface area is 122 Å². The van der Waals surface area contributed by atoms with Gasteiger partial charge >= 0.3 is 6.18 Å². The Hall–Kier alpha value is -1.11. The molecule has 1 atom stereocenters. The van der Waals surface area contributed by atoms with E-state index in [2.05, 4.69) is 5.32 Å². The Morgan fingerprint density at radius 3 is 2.40 bits per heavy atom. The lowest BCUT2D eigenvalue weighted by atomic mass is 10.0. The predicted octanol–water partition coefficient (Wildman–Crippen LogP) is 4.87. The van der Waals surface area contributed by atoms with Gasteiger partial charge in [-0.1, -0.05) is 23.7 Å². The Morgan fingerprint density at radius 1 is 1.20 bits per heavy atom. The van der Waals surface area contributed by atoms with Crippen molar-refractivity contribution >= 4 is 22.9 Å². The van der Waals surface area contributed by atoms with Gasteiger partial charge < -0.3 is 5.32 Å². The molecule has 1 N–H and O–H groups in total. The summed E-state index contributed by atoms with van der Waals surface area (Å²) in [5.74, 6) is -1.26. The molecule has 1 heterocycles. The van der Waals surface area contributed by atoms with E-state index in [1.54, 1.807) is 19.2 Å². The number of benzene rings is 1. The lowest BCUT2D eigenvalue weighted by molar-refractivity contribution is -0.140. The zero-order valence-electron chi connectivity index (χ0n) is 10.3. The lowest BCUT2D eigenvalue weighted by Gasteiger charge is -2.18. The van der Waals surface area contributed by atoms with E-state index in [9.17, 15) is 17.6 Å². The van der Waals surface area contributed by atoms with Gasteiger partial charge in [0, 0.05) is 10.4 Å². The molecule has 0 aliphatic heterocycles. The highest BCUT2D eigenvalue weighted by atomic mass is 35.5. The molecule has 1 aromatic heterocycles. The van der Waals surface area contributed by atoms with E-state index in [1.165, 1.54) is 23.5 Å². The summed E-state index contributed by atoms with van der Waals surface area (Å²) in [4.78, 5) is 0.649. The smallest absolute Gasteiger partial charge is 0.309 e. The molecular weight excluding hydrogens is 314 g/mol. The van der Waals surface area contributed by atoms with Gasteiger partial charge in [-0.2, -0.15) is 13.2 Å². The van der Waals surface area contributed by atoms with Crippen LogP contribution in [0.5, 0.6) is 0 Å². The SMILES string of the molecule is CNC(c1ccc(Cl)s1)c1cccc(C(F)(F)F)c1F. The maximum Gasteiger partial charge on any atom is 0.419 e. The summed E-state index contributed by atoms with van der Waals surface area (Å²) in [6.07, 6.45) is -4.72. The Kier molecular flexibility index (Phi) is 4.36. The molecule has 0 saturated heterocycles. The summed E-state index contributed by atoms with van der Waals surface area (Å²) >= 11 is 7.00. The highest BCUT2D eigenvalue weighted by Crippen LogP contribution is 2.37. The molecule has 7 heteroatoms. The molecule has 0 aliphatic rings. The molecule has 0 amide bonds. The van der Waals surface area contributed by atoms with Crippen LogP contribution in [-0.2, 0) is 6.18 Å². The Bertz CT molecular complexity index is 609. The second-order valence-electron chi connectivity index (χ2n) is 4.07. The minimum atomic E-state index is -4.72. The molecule has 1 nitrogen and oxygen atoms in total. The zero-order chi connectivity index (χ0) is 14.9. The van der Waals surface area contributed by atoms with Crippen LogP contribution in [0.2, 0.25) is 4.34 Å². The van der Waals surface area contributed by atoms with Gasteiger partial charge in [0.15, 0.2) is 0 Å². The van der Waals surface area contributed by atoms with Crippen LogP contribution < -0.4 is 5.32 Å². The van der Waals surface area contributed by atoms with Crippen LogP contribution >= 0.6 is 22.9 Å². The molecule has 0 saturated carbocycles. The van der Waals surface area contributed by atoms with Crippen LogP contribution in [-0.4, -0.2) is 7.05 Å². The number of hydrogen-bond acceptors (Lipinski definition) is 2. The number of thiophene rings is 1. The molecule has 0 aliphatic carbocycles. The van der Waals surface area contributed by atoms with E-state index >= 15 is 0 Å². The molecule has 108 valence electrons. The van der Waals surface area contributed by atoms with Gasteiger partial charge in [0.25, 0.3) is 0 Å². The van der Waals surface area contributed by atoms with E-state index in [-0.39, 0.29) is 5.56 Å². The third-order valence-corrected chi connectivity index (χ3v) is 4.11. The normalized spacial score (nSPS) is 13.5. The Balaban J connectivity index is 2.51. The van der Waals surface area contributed by atoms with Crippen molar-refractivity contribution in [2.75, 3.05) is 7.05 Å². The van der Waals surface area contributed by atoms with E-state index < -0.39 is 23.6 Å². The highest BCUT2D eigenvalue weighted by molar-refractivity contribution is 7.16. The second-order valence-corrected chi connectivity index (χ2v) is 5.82.